The zero-order chi connectivity index (χ0) is 12.4. The molecule has 0 atom stereocenters. The molecule has 2 amide bonds. The molecule has 3 nitrogen and oxygen atoms in total. The Morgan fingerprint density at radius 3 is 1.60 bits per heavy atom. The third-order valence-electron chi connectivity index (χ3n) is 2.07. The van der Waals surface area contributed by atoms with Crippen LogP contribution >= 0.6 is 0 Å². The highest BCUT2D eigenvalue weighted by Crippen LogP contribution is 2.24. The van der Waals surface area contributed by atoms with Crippen molar-refractivity contribution in [3.63, 3.8) is 0 Å². The lowest BCUT2D eigenvalue weighted by atomic mass is 9.91. The molecular weight excluding hydrogens is 190 g/mol. The van der Waals surface area contributed by atoms with Gasteiger partial charge in [-0.25, -0.2) is 0 Å². The maximum Gasteiger partial charge on any atom is 0.235 e. The molecule has 0 aliphatic carbocycles. The topological polar surface area (TPSA) is 37.4 Å². The normalized spacial score (nSPS) is 12.5. The van der Waals surface area contributed by atoms with E-state index in [1.807, 2.05) is 41.5 Å². The van der Waals surface area contributed by atoms with Crippen LogP contribution in [0.3, 0.4) is 0 Å². The lowest BCUT2D eigenvalue weighted by Crippen LogP contribution is -2.53. The lowest BCUT2D eigenvalue weighted by Gasteiger charge is -2.37. The van der Waals surface area contributed by atoms with E-state index in [-0.39, 0.29) is 11.8 Å². The van der Waals surface area contributed by atoms with Crippen molar-refractivity contribution in [2.75, 3.05) is 0 Å². The second kappa shape index (κ2) is 4.33. The van der Waals surface area contributed by atoms with Gasteiger partial charge in [0, 0.05) is 17.4 Å². The molecule has 0 aromatic carbocycles. The summed E-state index contributed by atoms with van der Waals surface area (Å²) in [5, 5.41) is 0. The van der Waals surface area contributed by atoms with Gasteiger partial charge in [-0.1, -0.05) is 27.7 Å². The standard InChI is InChI=1S/C12H23NO2/c1-8-9(14)13(12(5,6)7)10(15)11(2,3)4/h8H2,1-7H3. The van der Waals surface area contributed by atoms with Gasteiger partial charge in [0.2, 0.25) is 11.8 Å². The van der Waals surface area contributed by atoms with Crippen molar-refractivity contribution in [2.24, 2.45) is 5.41 Å². The molecule has 0 radical (unpaired) electrons. The quantitative estimate of drug-likeness (QED) is 0.671. The van der Waals surface area contributed by atoms with Crippen LogP contribution in [0.5, 0.6) is 0 Å². The monoisotopic (exact) mass is 213 g/mol. The fourth-order valence-electron chi connectivity index (χ4n) is 1.29. The van der Waals surface area contributed by atoms with Crippen LogP contribution in [0.2, 0.25) is 0 Å². The highest BCUT2D eigenvalue weighted by atomic mass is 16.2. The Balaban J connectivity index is 5.15. The molecule has 0 unspecified atom stereocenters. The molecule has 3 heteroatoms. The first kappa shape index (κ1) is 14.1. The number of carbonyl (C=O) groups is 2. The first-order valence-corrected chi connectivity index (χ1v) is 5.39. The van der Waals surface area contributed by atoms with E-state index in [0.717, 1.165) is 0 Å². The van der Waals surface area contributed by atoms with Gasteiger partial charge < -0.3 is 0 Å². The summed E-state index contributed by atoms with van der Waals surface area (Å²) in [5.74, 6) is -0.218. The minimum absolute atomic E-state index is 0.109. The predicted molar refractivity (Wildman–Crippen MR) is 61.4 cm³/mol. The average molecular weight is 213 g/mol. The molecule has 0 saturated carbocycles. The van der Waals surface area contributed by atoms with Gasteiger partial charge >= 0.3 is 0 Å². The van der Waals surface area contributed by atoms with Gasteiger partial charge in [-0.3, -0.25) is 14.5 Å². The van der Waals surface area contributed by atoms with Crippen molar-refractivity contribution in [3.8, 4) is 0 Å². The second-order valence-electron chi connectivity index (χ2n) is 5.81. The molecule has 0 heterocycles. The summed E-state index contributed by atoms with van der Waals surface area (Å²) in [7, 11) is 0. The van der Waals surface area contributed by atoms with E-state index in [9.17, 15) is 9.59 Å². The molecular formula is C12H23NO2. The van der Waals surface area contributed by atoms with Crippen LogP contribution < -0.4 is 0 Å². The second-order valence-corrected chi connectivity index (χ2v) is 5.81. The molecule has 0 aromatic rings. The predicted octanol–water partition coefficient (Wildman–Crippen LogP) is 2.60. The SMILES string of the molecule is CCC(=O)N(C(=O)C(C)(C)C)C(C)(C)C. The number of nitrogens with zero attached hydrogens (tertiary/aromatic N) is 1. The molecule has 0 aromatic heterocycles. The van der Waals surface area contributed by atoms with Crippen LogP contribution in [-0.4, -0.2) is 22.3 Å². The maximum atomic E-state index is 12.1. The Morgan fingerprint density at radius 2 is 1.40 bits per heavy atom. The molecule has 88 valence electrons. The summed E-state index contributed by atoms with van der Waals surface area (Å²) >= 11 is 0. The van der Waals surface area contributed by atoms with Gasteiger partial charge in [0.1, 0.15) is 0 Å². The van der Waals surface area contributed by atoms with Gasteiger partial charge in [-0.2, -0.15) is 0 Å². The van der Waals surface area contributed by atoms with E-state index in [1.54, 1.807) is 6.92 Å². The first-order chi connectivity index (χ1) is 6.51. The van der Waals surface area contributed by atoms with Crippen molar-refractivity contribution < 1.29 is 9.59 Å². The van der Waals surface area contributed by atoms with E-state index in [2.05, 4.69) is 0 Å². The smallest absolute Gasteiger partial charge is 0.235 e. The summed E-state index contributed by atoms with van der Waals surface area (Å²) in [6, 6.07) is 0. The Kier molecular flexibility index (Phi) is 4.08. The van der Waals surface area contributed by atoms with Crippen LogP contribution in [-0.2, 0) is 9.59 Å². The molecule has 0 N–H and O–H groups in total. The third-order valence-corrected chi connectivity index (χ3v) is 2.07. The molecule has 0 aliphatic rings. The minimum Gasteiger partial charge on any atom is -0.277 e. The number of imide groups is 1. The summed E-state index contributed by atoms with van der Waals surface area (Å²) in [6.07, 6.45) is 0.360. The highest BCUT2D eigenvalue weighted by Gasteiger charge is 2.37. The van der Waals surface area contributed by atoms with Crippen LogP contribution in [0, 0.1) is 5.41 Å². The fraction of sp³-hybridized carbons (Fsp3) is 0.833. The van der Waals surface area contributed by atoms with Crippen LogP contribution in [0.1, 0.15) is 54.9 Å². The van der Waals surface area contributed by atoms with Gasteiger partial charge in [0.25, 0.3) is 0 Å². The van der Waals surface area contributed by atoms with Gasteiger partial charge in [0.15, 0.2) is 0 Å². The number of hydrogen-bond acceptors (Lipinski definition) is 2. The van der Waals surface area contributed by atoms with Gasteiger partial charge in [-0.15, -0.1) is 0 Å². The van der Waals surface area contributed by atoms with Gasteiger partial charge in [-0.05, 0) is 20.8 Å². The van der Waals surface area contributed by atoms with Gasteiger partial charge in [0.05, 0.1) is 0 Å². The largest absolute Gasteiger partial charge is 0.277 e. The molecule has 0 spiro atoms. The number of amides is 2. The molecule has 0 bridgehead atoms. The summed E-state index contributed by atoms with van der Waals surface area (Å²) in [6.45, 7) is 12.9. The molecule has 15 heavy (non-hydrogen) atoms. The highest BCUT2D eigenvalue weighted by molar-refractivity contribution is 5.98. The Morgan fingerprint density at radius 1 is 1.00 bits per heavy atom. The number of rotatable bonds is 1. The van der Waals surface area contributed by atoms with Crippen LogP contribution in [0.25, 0.3) is 0 Å². The average Bonchev–Trinajstić information content (AvgIpc) is 1.99. The first-order valence-electron chi connectivity index (χ1n) is 5.39. The van der Waals surface area contributed by atoms with E-state index < -0.39 is 11.0 Å². The molecule has 0 rings (SSSR count). The zero-order valence-corrected chi connectivity index (χ0v) is 11.0. The van der Waals surface area contributed by atoms with Crippen molar-refractivity contribution in [1.29, 1.82) is 0 Å². The zero-order valence-electron chi connectivity index (χ0n) is 11.0. The summed E-state index contributed by atoms with van der Waals surface area (Å²) < 4.78 is 0. The number of hydrogen-bond donors (Lipinski definition) is 0. The maximum absolute atomic E-state index is 12.1. The Hall–Kier alpha value is -0.860. The summed E-state index contributed by atoms with van der Waals surface area (Å²) in [4.78, 5) is 25.3. The van der Waals surface area contributed by atoms with Crippen LogP contribution in [0.4, 0.5) is 0 Å². The van der Waals surface area contributed by atoms with E-state index in [1.165, 1.54) is 4.90 Å². The molecule has 0 aliphatic heterocycles. The summed E-state index contributed by atoms with van der Waals surface area (Å²) in [5.41, 5.74) is -0.963. The van der Waals surface area contributed by atoms with Crippen LogP contribution in [0.15, 0.2) is 0 Å². The van der Waals surface area contributed by atoms with Crippen molar-refractivity contribution >= 4 is 11.8 Å². The minimum atomic E-state index is -0.516. The lowest BCUT2D eigenvalue weighted by molar-refractivity contribution is -0.155. The van der Waals surface area contributed by atoms with E-state index >= 15 is 0 Å². The Labute approximate surface area is 92.8 Å². The fourth-order valence-corrected chi connectivity index (χ4v) is 1.29. The Bertz CT molecular complexity index is 256. The van der Waals surface area contributed by atoms with E-state index in [4.69, 9.17) is 0 Å². The van der Waals surface area contributed by atoms with Crippen molar-refractivity contribution in [2.45, 2.75) is 60.4 Å². The third kappa shape index (κ3) is 3.65. The molecule has 0 saturated heterocycles. The van der Waals surface area contributed by atoms with Crippen molar-refractivity contribution in [1.82, 2.24) is 4.90 Å². The van der Waals surface area contributed by atoms with E-state index in [0.29, 0.717) is 6.42 Å². The molecule has 0 fully saturated rings. The number of carbonyl (C=O) groups excluding carboxylic acids is 2. The van der Waals surface area contributed by atoms with Crippen molar-refractivity contribution in [3.05, 3.63) is 0 Å².